The molecule has 7 nitrogen and oxygen atoms in total. The molecular formula is C30H46O7. The Kier molecular flexibility index (Phi) is 6.31. The molecule has 0 aromatic carbocycles. The van der Waals surface area contributed by atoms with Crippen molar-refractivity contribution in [1.29, 1.82) is 0 Å². The van der Waals surface area contributed by atoms with Crippen LogP contribution < -0.4 is 0 Å². The first-order valence-electron chi connectivity index (χ1n) is 13.9. The predicted molar refractivity (Wildman–Crippen MR) is 139 cm³/mol. The molecule has 0 spiro atoms. The molecule has 0 heterocycles. The van der Waals surface area contributed by atoms with Gasteiger partial charge in [0.25, 0.3) is 0 Å². The summed E-state index contributed by atoms with van der Waals surface area (Å²) >= 11 is 0. The number of allylic oxidation sites excluding steroid dienone is 1. The molecule has 0 unspecified atom stereocenters. The number of aliphatic hydroxyl groups is 1. The van der Waals surface area contributed by atoms with Gasteiger partial charge in [0, 0.05) is 5.92 Å². The highest BCUT2D eigenvalue weighted by atomic mass is 16.4. The van der Waals surface area contributed by atoms with Crippen molar-refractivity contribution in [3.8, 4) is 0 Å². The second-order valence-electron chi connectivity index (χ2n) is 14.5. The Labute approximate surface area is 220 Å². The van der Waals surface area contributed by atoms with Crippen LogP contribution in [-0.4, -0.2) is 43.9 Å². The highest BCUT2D eigenvalue weighted by molar-refractivity contribution is 5.77. The van der Waals surface area contributed by atoms with Crippen LogP contribution in [0.15, 0.2) is 11.6 Å². The smallest absolute Gasteiger partial charge is 0.310 e. The SMILES string of the molecule is C[C@@H]1CC[C@]2(C(=O)O)CC[C@]3(C)C(=CC[C@H]4[C@@](C)(CC(=O)O)[C@@H](C(C)(C)C(=O)O)CC[C@]43C)[C@@H]2[C@]1(C)O. The van der Waals surface area contributed by atoms with E-state index in [1.165, 1.54) is 0 Å². The van der Waals surface area contributed by atoms with Gasteiger partial charge in [-0.2, -0.15) is 0 Å². The second-order valence-corrected chi connectivity index (χ2v) is 14.5. The standard InChI is InChI=1S/C30H46O7/c1-17-10-13-30(24(35)36)15-14-27(5)18(22(30)29(17,7)37)8-9-20-26(4,16-21(31)32)19(11-12-28(20,27)6)25(2,3)23(33)34/h8,17,19-20,22,37H,9-16H2,1-7H3,(H,31,32)(H,33,34)(H,35,36)/t17-,19-,20+,22-,26+,27-,28-,29-,30+/m1/s1. The fourth-order valence-electron chi connectivity index (χ4n) is 10.1. The molecule has 37 heavy (non-hydrogen) atoms. The quantitative estimate of drug-likeness (QED) is 0.348. The maximum absolute atomic E-state index is 12.8. The number of rotatable bonds is 5. The van der Waals surface area contributed by atoms with Crippen molar-refractivity contribution in [2.75, 3.05) is 0 Å². The van der Waals surface area contributed by atoms with Gasteiger partial charge in [0.1, 0.15) is 0 Å². The number of carboxylic acid groups (broad SMARTS) is 3. The van der Waals surface area contributed by atoms with Gasteiger partial charge in [0.05, 0.1) is 22.9 Å². The predicted octanol–water partition coefficient (Wildman–Crippen LogP) is 5.61. The summed E-state index contributed by atoms with van der Waals surface area (Å²) < 4.78 is 0. The average Bonchev–Trinajstić information content (AvgIpc) is 2.76. The third kappa shape index (κ3) is 3.51. The Bertz CT molecular complexity index is 1040. The van der Waals surface area contributed by atoms with Gasteiger partial charge < -0.3 is 20.4 Å². The zero-order valence-corrected chi connectivity index (χ0v) is 23.6. The van der Waals surface area contributed by atoms with Crippen LogP contribution in [0.5, 0.6) is 0 Å². The molecule has 208 valence electrons. The molecule has 3 fully saturated rings. The van der Waals surface area contributed by atoms with Crippen LogP contribution in [0, 0.1) is 50.7 Å². The maximum Gasteiger partial charge on any atom is 0.310 e. The van der Waals surface area contributed by atoms with Crippen molar-refractivity contribution in [1.82, 2.24) is 0 Å². The van der Waals surface area contributed by atoms with E-state index in [1.54, 1.807) is 20.8 Å². The zero-order valence-electron chi connectivity index (χ0n) is 23.6. The lowest BCUT2D eigenvalue weighted by atomic mass is 9.34. The van der Waals surface area contributed by atoms with Gasteiger partial charge in [-0.15, -0.1) is 0 Å². The molecule has 7 heteroatoms. The van der Waals surface area contributed by atoms with Gasteiger partial charge >= 0.3 is 17.9 Å². The lowest BCUT2D eigenvalue weighted by Crippen LogP contribution is -2.67. The lowest BCUT2D eigenvalue weighted by Gasteiger charge is -2.70. The van der Waals surface area contributed by atoms with Crippen molar-refractivity contribution >= 4 is 17.9 Å². The van der Waals surface area contributed by atoms with Crippen molar-refractivity contribution in [3.63, 3.8) is 0 Å². The van der Waals surface area contributed by atoms with Crippen molar-refractivity contribution in [3.05, 3.63) is 11.6 Å². The van der Waals surface area contributed by atoms with Gasteiger partial charge in [-0.25, -0.2) is 0 Å². The first kappa shape index (κ1) is 28.1. The van der Waals surface area contributed by atoms with E-state index >= 15 is 0 Å². The lowest BCUT2D eigenvalue weighted by molar-refractivity contribution is -0.206. The second kappa shape index (κ2) is 8.30. The molecule has 0 bridgehead atoms. The molecule has 4 rings (SSSR count). The first-order valence-corrected chi connectivity index (χ1v) is 13.9. The molecule has 3 saturated carbocycles. The zero-order chi connectivity index (χ0) is 28.0. The van der Waals surface area contributed by atoms with E-state index < -0.39 is 51.1 Å². The highest BCUT2D eigenvalue weighted by Gasteiger charge is 2.71. The Morgan fingerprint density at radius 3 is 2.14 bits per heavy atom. The molecule has 0 amide bonds. The summed E-state index contributed by atoms with van der Waals surface area (Å²) in [6.45, 7) is 13.7. The van der Waals surface area contributed by atoms with E-state index in [9.17, 15) is 34.8 Å². The van der Waals surface area contributed by atoms with Gasteiger partial charge in [-0.05, 0) is 99.7 Å². The van der Waals surface area contributed by atoms with Crippen molar-refractivity contribution in [2.45, 2.75) is 105 Å². The summed E-state index contributed by atoms with van der Waals surface area (Å²) in [7, 11) is 0. The van der Waals surface area contributed by atoms with Crippen LogP contribution in [0.4, 0.5) is 0 Å². The molecule has 4 aliphatic carbocycles. The van der Waals surface area contributed by atoms with E-state index in [-0.39, 0.29) is 29.6 Å². The molecule has 4 N–H and O–H groups in total. The minimum atomic E-state index is -1.17. The fraction of sp³-hybridized carbons (Fsp3) is 0.833. The molecule has 4 aliphatic rings. The minimum absolute atomic E-state index is 0.0388. The topological polar surface area (TPSA) is 132 Å². The average molecular weight is 519 g/mol. The number of aliphatic carboxylic acids is 3. The van der Waals surface area contributed by atoms with Gasteiger partial charge in [0.15, 0.2) is 0 Å². The van der Waals surface area contributed by atoms with Crippen LogP contribution in [-0.2, 0) is 14.4 Å². The molecule has 0 radical (unpaired) electrons. The Morgan fingerprint density at radius 1 is 0.973 bits per heavy atom. The van der Waals surface area contributed by atoms with Crippen LogP contribution in [0.1, 0.15) is 99.8 Å². The summed E-state index contributed by atoms with van der Waals surface area (Å²) in [5, 5.41) is 42.5. The maximum atomic E-state index is 12.8. The van der Waals surface area contributed by atoms with Gasteiger partial charge in [-0.1, -0.05) is 39.3 Å². The number of hydrogen-bond donors (Lipinski definition) is 4. The van der Waals surface area contributed by atoms with E-state index in [2.05, 4.69) is 19.9 Å². The summed E-state index contributed by atoms with van der Waals surface area (Å²) in [4.78, 5) is 37.4. The molecule has 0 saturated heterocycles. The van der Waals surface area contributed by atoms with E-state index in [4.69, 9.17) is 0 Å². The summed E-state index contributed by atoms with van der Waals surface area (Å²) in [6.07, 6.45) is 6.29. The first-order chi connectivity index (χ1) is 16.8. The number of fused-ring (bicyclic) bond motifs is 5. The molecule has 0 aromatic rings. The number of hydrogen-bond acceptors (Lipinski definition) is 4. The van der Waals surface area contributed by atoms with Crippen LogP contribution in [0.2, 0.25) is 0 Å². The Hall–Kier alpha value is -1.89. The molecular weight excluding hydrogens is 472 g/mol. The molecule has 9 atom stereocenters. The van der Waals surface area contributed by atoms with Gasteiger partial charge in [-0.3, -0.25) is 14.4 Å². The third-order valence-electron chi connectivity index (χ3n) is 12.7. The minimum Gasteiger partial charge on any atom is -0.481 e. The number of carboxylic acids is 3. The molecule has 0 aromatic heterocycles. The van der Waals surface area contributed by atoms with E-state index in [1.807, 2.05) is 13.8 Å². The van der Waals surface area contributed by atoms with E-state index in [0.717, 1.165) is 12.0 Å². The summed E-state index contributed by atoms with van der Waals surface area (Å²) in [5.41, 5.74) is -3.74. The third-order valence-corrected chi connectivity index (χ3v) is 12.7. The largest absolute Gasteiger partial charge is 0.481 e. The summed E-state index contributed by atoms with van der Waals surface area (Å²) in [6, 6.07) is 0. The normalized spacial score (nSPS) is 47.6. The van der Waals surface area contributed by atoms with E-state index in [0.29, 0.717) is 38.5 Å². The Balaban J connectivity index is 1.90. The van der Waals surface area contributed by atoms with Crippen molar-refractivity contribution < 1.29 is 34.8 Å². The fourth-order valence-corrected chi connectivity index (χ4v) is 10.1. The monoisotopic (exact) mass is 518 g/mol. The molecule has 0 aliphatic heterocycles. The highest BCUT2D eigenvalue weighted by Crippen LogP contribution is 2.75. The van der Waals surface area contributed by atoms with Gasteiger partial charge in [0.2, 0.25) is 0 Å². The van der Waals surface area contributed by atoms with Crippen molar-refractivity contribution in [2.24, 2.45) is 50.7 Å². The Morgan fingerprint density at radius 2 is 1.59 bits per heavy atom. The van der Waals surface area contributed by atoms with Crippen LogP contribution in [0.3, 0.4) is 0 Å². The van der Waals surface area contributed by atoms with Crippen LogP contribution >= 0.6 is 0 Å². The number of carbonyl (C=O) groups is 3. The van der Waals surface area contributed by atoms with Crippen LogP contribution in [0.25, 0.3) is 0 Å². The summed E-state index contributed by atoms with van der Waals surface area (Å²) in [5.74, 6) is -3.60.